The Labute approximate surface area is 129 Å². The molecule has 0 saturated heterocycles. The van der Waals surface area contributed by atoms with Crippen molar-refractivity contribution in [2.24, 2.45) is 11.7 Å². The molecular weight excluding hydrogens is 344 g/mol. The van der Waals surface area contributed by atoms with Crippen LogP contribution < -0.4 is 5.73 Å². The van der Waals surface area contributed by atoms with Crippen molar-refractivity contribution in [3.8, 4) is 11.4 Å². The largest absolute Gasteiger partial charge is 0.339 e. The molecule has 2 atom stereocenters. The number of halogens is 3. The summed E-state index contributed by atoms with van der Waals surface area (Å²) in [5.41, 5.74) is 6.27. The maximum atomic E-state index is 13.6. The summed E-state index contributed by atoms with van der Waals surface area (Å²) in [6, 6.07) is 2.26. The second kappa shape index (κ2) is 6.19. The Kier molecular flexibility index (Phi) is 4.73. The third-order valence-electron chi connectivity index (χ3n) is 3.29. The monoisotopic (exact) mass is 359 g/mol. The van der Waals surface area contributed by atoms with Crippen LogP contribution in [-0.2, 0) is 0 Å². The molecule has 0 fully saturated rings. The van der Waals surface area contributed by atoms with Gasteiger partial charge in [-0.2, -0.15) is 4.98 Å². The van der Waals surface area contributed by atoms with E-state index in [0.717, 1.165) is 6.07 Å². The summed E-state index contributed by atoms with van der Waals surface area (Å²) in [5.74, 6) is -1.22. The van der Waals surface area contributed by atoms with Gasteiger partial charge in [0.15, 0.2) is 11.6 Å². The van der Waals surface area contributed by atoms with E-state index in [0.29, 0.717) is 11.5 Å². The minimum absolute atomic E-state index is 0.0308. The van der Waals surface area contributed by atoms with Crippen molar-refractivity contribution in [3.63, 3.8) is 0 Å². The minimum Gasteiger partial charge on any atom is -0.339 e. The first-order valence-corrected chi connectivity index (χ1v) is 7.35. The van der Waals surface area contributed by atoms with Crippen LogP contribution in [0.25, 0.3) is 11.4 Å². The van der Waals surface area contributed by atoms with E-state index in [4.69, 9.17) is 10.3 Å². The lowest BCUT2D eigenvalue weighted by atomic mass is 9.90. The molecule has 2 aromatic rings. The van der Waals surface area contributed by atoms with Crippen LogP contribution in [0.1, 0.15) is 32.6 Å². The van der Waals surface area contributed by atoms with Crippen LogP contribution in [0.5, 0.6) is 0 Å². The predicted octanol–water partition coefficient (Wildman–Crippen LogP) is 3.86. The number of benzene rings is 1. The van der Waals surface area contributed by atoms with Gasteiger partial charge in [0.2, 0.25) is 11.7 Å². The molecule has 0 aliphatic heterocycles. The van der Waals surface area contributed by atoms with Crippen molar-refractivity contribution in [1.29, 1.82) is 0 Å². The minimum atomic E-state index is -0.980. The fraction of sp³-hybridized carbons (Fsp3) is 0.429. The third kappa shape index (κ3) is 3.13. The summed E-state index contributed by atoms with van der Waals surface area (Å²) in [4.78, 5) is 4.28. The summed E-state index contributed by atoms with van der Waals surface area (Å²) in [7, 11) is 0. The smallest absolute Gasteiger partial charge is 0.231 e. The molecule has 0 radical (unpaired) electrons. The molecule has 1 heterocycles. The standard InChI is InChI=1S/C14H16BrF2N3O/c1-6(2)10(7(3)18)14-19-13(20-21-14)8-4-5-9(16)12(17)11(8)15/h4-7,10H,18H2,1-3H3. The first-order valence-electron chi connectivity index (χ1n) is 6.56. The molecule has 0 amide bonds. The predicted molar refractivity (Wildman–Crippen MR) is 78.6 cm³/mol. The zero-order chi connectivity index (χ0) is 15.7. The Balaban J connectivity index is 2.43. The Morgan fingerprint density at radius 1 is 1.24 bits per heavy atom. The highest BCUT2D eigenvalue weighted by molar-refractivity contribution is 9.10. The Morgan fingerprint density at radius 2 is 1.90 bits per heavy atom. The van der Waals surface area contributed by atoms with E-state index in [9.17, 15) is 8.78 Å². The van der Waals surface area contributed by atoms with Crippen molar-refractivity contribution in [2.45, 2.75) is 32.7 Å². The van der Waals surface area contributed by atoms with E-state index < -0.39 is 11.6 Å². The van der Waals surface area contributed by atoms with Crippen LogP contribution in [0.4, 0.5) is 8.78 Å². The van der Waals surface area contributed by atoms with E-state index in [1.807, 2.05) is 20.8 Å². The molecule has 0 aliphatic rings. The Hall–Kier alpha value is -1.34. The highest BCUT2D eigenvalue weighted by Gasteiger charge is 2.27. The van der Waals surface area contributed by atoms with Gasteiger partial charge < -0.3 is 10.3 Å². The summed E-state index contributed by atoms with van der Waals surface area (Å²) in [5, 5.41) is 3.84. The molecule has 1 aromatic heterocycles. The fourth-order valence-electron chi connectivity index (χ4n) is 2.30. The summed E-state index contributed by atoms with van der Waals surface area (Å²) in [6.45, 7) is 5.87. The van der Waals surface area contributed by atoms with Gasteiger partial charge in [0, 0.05) is 11.6 Å². The molecule has 0 bridgehead atoms. The van der Waals surface area contributed by atoms with Crippen LogP contribution >= 0.6 is 15.9 Å². The molecule has 0 spiro atoms. The molecule has 2 unspecified atom stereocenters. The first kappa shape index (κ1) is 16.0. The molecule has 0 aliphatic carbocycles. The summed E-state index contributed by atoms with van der Waals surface area (Å²) < 4.78 is 31.9. The molecule has 2 rings (SSSR count). The molecule has 2 N–H and O–H groups in total. The Morgan fingerprint density at radius 3 is 2.48 bits per heavy atom. The van der Waals surface area contributed by atoms with Gasteiger partial charge in [0.1, 0.15) is 0 Å². The van der Waals surface area contributed by atoms with Crippen molar-refractivity contribution >= 4 is 15.9 Å². The average Bonchev–Trinajstić information content (AvgIpc) is 2.84. The second-order valence-electron chi connectivity index (χ2n) is 5.31. The molecule has 21 heavy (non-hydrogen) atoms. The van der Waals surface area contributed by atoms with E-state index in [-0.39, 0.29) is 28.2 Å². The maximum absolute atomic E-state index is 13.6. The lowest BCUT2D eigenvalue weighted by Gasteiger charge is -2.20. The summed E-state index contributed by atoms with van der Waals surface area (Å²) >= 11 is 3.01. The van der Waals surface area contributed by atoms with Crippen molar-refractivity contribution in [1.82, 2.24) is 10.1 Å². The van der Waals surface area contributed by atoms with Gasteiger partial charge in [-0.1, -0.05) is 19.0 Å². The van der Waals surface area contributed by atoms with Crippen LogP contribution in [0, 0.1) is 17.6 Å². The third-order valence-corrected chi connectivity index (χ3v) is 4.06. The topological polar surface area (TPSA) is 64.9 Å². The summed E-state index contributed by atoms with van der Waals surface area (Å²) in [6.07, 6.45) is 0. The normalized spacial score (nSPS) is 14.5. The van der Waals surface area contributed by atoms with Crippen molar-refractivity contribution < 1.29 is 13.3 Å². The molecule has 114 valence electrons. The SMILES string of the molecule is CC(C)C(c1nc(-c2ccc(F)c(F)c2Br)no1)C(C)N. The molecule has 1 aromatic carbocycles. The number of nitrogens with two attached hydrogens (primary N) is 1. The molecule has 7 heteroatoms. The van der Waals surface area contributed by atoms with E-state index in [2.05, 4.69) is 26.1 Å². The van der Waals surface area contributed by atoms with Crippen molar-refractivity contribution in [3.05, 3.63) is 34.1 Å². The lowest BCUT2D eigenvalue weighted by molar-refractivity contribution is 0.300. The number of rotatable bonds is 4. The van der Waals surface area contributed by atoms with E-state index >= 15 is 0 Å². The first-order chi connectivity index (χ1) is 9.82. The highest BCUT2D eigenvalue weighted by Crippen LogP contribution is 2.32. The zero-order valence-electron chi connectivity index (χ0n) is 11.9. The number of hydrogen-bond donors (Lipinski definition) is 1. The van der Waals surface area contributed by atoms with E-state index in [1.165, 1.54) is 6.07 Å². The van der Waals surface area contributed by atoms with Crippen molar-refractivity contribution in [2.75, 3.05) is 0 Å². The van der Waals surface area contributed by atoms with Gasteiger partial charge in [-0.3, -0.25) is 0 Å². The second-order valence-corrected chi connectivity index (χ2v) is 6.10. The average molecular weight is 360 g/mol. The lowest BCUT2D eigenvalue weighted by Crippen LogP contribution is -2.28. The van der Waals surface area contributed by atoms with Gasteiger partial charge in [0.05, 0.1) is 10.4 Å². The number of hydrogen-bond acceptors (Lipinski definition) is 4. The maximum Gasteiger partial charge on any atom is 0.231 e. The molecule has 0 saturated carbocycles. The van der Waals surface area contributed by atoms with Gasteiger partial charge in [-0.15, -0.1) is 0 Å². The number of aromatic nitrogens is 2. The highest BCUT2D eigenvalue weighted by atomic mass is 79.9. The Bertz CT molecular complexity index is 635. The van der Waals surface area contributed by atoms with E-state index in [1.54, 1.807) is 0 Å². The van der Waals surface area contributed by atoms with Gasteiger partial charge in [0.25, 0.3) is 0 Å². The van der Waals surface area contributed by atoms with Crippen LogP contribution in [-0.4, -0.2) is 16.2 Å². The zero-order valence-corrected chi connectivity index (χ0v) is 13.5. The van der Waals surface area contributed by atoms with Gasteiger partial charge >= 0.3 is 0 Å². The van der Waals surface area contributed by atoms with Crippen LogP contribution in [0.3, 0.4) is 0 Å². The van der Waals surface area contributed by atoms with Gasteiger partial charge in [-0.05, 0) is 40.9 Å². The number of nitrogens with zero attached hydrogens (tertiary/aromatic N) is 2. The van der Waals surface area contributed by atoms with Gasteiger partial charge in [-0.25, -0.2) is 8.78 Å². The fourth-order valence-corrected chi connectivity index (χ4v) is 2.79. The van der Waals surface area contributed by atoms with Crippen LogP contribution in [0.2, 0.25) is 0 Å². The molecular formula is C14H16BrF2N3O. The quantitative estimate of drug-likeness (QED) is 0.841. The van der Waals surface area contributed by atoms with Crippen LogP contribution in [0.15, 0.2) is 21.1 Å². The molecule has 4 nitrogen and oxygen atoms in total.